The van der Waals surface area contributed by atoms with E-state index >= 15 is 0 Å². The van der Waals surface area contributed by atoms with Crippen molar-refractivity contribution in [1.29, 1.82) is 0 Å². The summed E-state index contributed by atoms with van der Waals surface area (Å²) in [5, 5.41) is 0. The predicted octanol–water partition coefficient (Wildman–Crippen LogP) is 2.89. The van der Waals surface area contributed by atoms with E-state index in [2.05, 4.69) is 22.9 Å². The molecular formula is C6H10Br. The Morgan fingerprint density at radius 3 is 2.43 bits per heavy atom. The molecule has 0 aliphatic heterocycles. The van der Waals surface area contributed by atoms with Gasteiger partial charge < -0.3 is 0 Å². The molecule has 0 saturated carbocycles. The second-order valence-electron chi connectivity index (χ2n) is 1.55. The molecule has 0 nitrogen and oxygen atoms in total. The monoisotopic (exact) mass is 161 g/mol. The zero-order valence-electron chi connectivity index (χ0n) is 4.58. The molecule has 0 rings (SSSR count). The molecule has 0 heterocycles. The van der Waals surface area contributed by atoms with Crippen LogP contribution in [0.2, 0.25) is 0 Å². The maximum absolute atomic E-state index is 5.31. The van der Waals surface area contributed by atoms with E-state index < -0.39 is 0 Å². The van der Waals surface area contributed by atoms with Gasteiger partial charge in [-0.1, -0.05) is 35.9 Å². The zero-order chi connectivity index (χ0) is 5.70. The number of rotatable bonds is 3. The standard InChI is InChI=1S/C6H10Br/c1-3-4-5-6(2)7/h2H,3-5H2,1H3. The average molecular weight is 162 g/mol. The first-order chi connectivity index (χ1) is 3.27. The highest BCUT2D eigenvalue weighted by Gasteiger charge is 1.83. The highest BCUT2D eigenvalue weighted by Crippen LogP contribution is 2.09. The third kappa shape index (κ3) is 6.22. The Kier molecular flexibility index (Phi) is 4.52. The molecule has 0 fully saturated rings. The summed E-state index contributed by atoms with van der Waals surface area (Å²) >= 11 is 3.17. The highest BCUT2D eigenvalue weighted by atomic mass is 79.9. The van der Waals surface area contributed by atoms with Gasteiger partial charge in [-0.05, 0) is 17.3 Å². The van der Waals surface area contributed by atoms with Crippen molar-refractivity contribution in [3.05, 3.63) is 11.1 Å². The van der Waals surface area contributed by atoms with Crippen molar-refractivity contribution in [2.24, 2.45) is 0 Å². The third-order valence-corrected chi connectivity index (χ3v) is 1.17. The topological polar surface area (TPSA) is 0 Å². The Bertz CT molecular complexity index is 57.2. The molecule has 7 heavy (non-hydrogen) atoms. The second kappa shape index (κ2) is 4.38. The lowest BCUT2D eigenvalue weighted by Crippen LogP contribution is -1.68. The van der Waals surface area contributed by atoms with E-state index in [4.69, 9.17) is 6.58 Å². The molecular weight excluding hydrogens is 152 g/mol. The number of hydrogen-bond donors (Lipinski definition) is 0. The summed E-state index contributed by atoms with van der Waals surface area (Å²) in [6, 6.07) is 0. The van der Waals surface area contributed by atoms with E-state index in [0.29, 0.717) is 0 Å². The molecule has 0 amide bonds. The van der Waals surface area contributed by atoms with Crippen LogP contribution in [0.4, 0.5) is 0 Å². The molecule has 0 N–H and O–H groups in total. The molecule has 0 bridgehead atoms. The fourth-order valence-electron chi connectivity index (χ4n) is 0.346. The minimum atomic E-state index is 0.870. The maximum Gasteiger partial charge on any atom is -0.00491 e. The molecule has 0 aromatic carbocycles. The van der Waals surface area contributed by atoms with Gasteiger partial charge in [-0.25, -0.2) is 0 Å². The molecule has 0 aliphatic rings. The van der Waals surface area contributed by atoms with Gasteiger partial charge in [0.05, 0.1) is 0 Å². The SMILES string of the molecule is [CH]=C(Br)CCCC. The van der Waals surface area contributed by atoms with E-state index in [-0.39, 0.29) is 0 Å². The number of unbranched alkanes of at least 4 members (excludes halogenated alkanes) is 1. The van der Waals surface area contributed by atoms with Gasteiger partial charge in [0, 0.05) is 0 Å². The highest BCUT2D eigenvalue weighted by molar-refractivity contribution is 9.11. The van der Waals surface area contributed by atoms with Gasteiger partial charge in [0.1, 0.15) is 0 Å². The minimum Gasteiger partial charge on any atom is -0.0654 e. The number of allylic oxidation sites excluding steroid dienone is 1. The molecule has 1 radical (unpaired) electrons. The second-order valence-corrected chi connectivity index (χ2v) is 2.57. The molecule has 0 aromatic rings. The van der Waals surface area contributed by atoms with Gasteiger partial charge in [0.2, 0.25) is 0 Å². The fraction of sp³-hybridized carbons (Fsp3) is 0.667. The summed E-state index contributed by atoms with van der Waals surface area (Å²) in [6.45, 7) is 7.46. The molecule has 0 spiro atoms. The smallest absolute Gasteiger partial charge is 0.00491 e. The zero-order valence-corrected chi connectivity index (χ0v) is 6.16. The number of halogens is 1. The van der Waals surface area contributed by atoms with Crippen LogP contribution in [-0.2, 0) is 0 Å². The Morgan fingerprint density at radius 2 is 2.29 bits per heavy atom. The lowest BCUT2D eigenvalue weighted by molar-refractivity contribution is 0.811. The van der Waals surface area contributed by atoms with E-state index in [9.17, 15) is 0 Å². The van der Waals surface area contributed by atoms with Crippen molar-refractivity contribution < 1.29 is 0 Å². The van der Waals surface area contributed by atoms with Crippen molar-refractivity contribution in [3.8, 4) is 0 Å². The van der Waals surface area contributed by atoms with Crippen molar-refractivity contribution in [1.82, 2.24) is 0 Å². The summed E-state index contributed by atoms with van der Waals surface area (Å²) in [4.78, 5) is 0. The lowest BCUT2D eigenvalue weighted by Gasteiger charge is -1.89. The Balaban J connectivity index is 2.82. The van der Waals surface area contributed by atoms with Crippen LogP contribution in [0.5, 0.6) is 0 Å². The van der Waals surface area contributed by atoms with E-state index in [0.717, 1.165) is 10.9 Å². The van der Waals surface area contributed by atoms with Crippen LogP contribution < -0.4 is 0 Å². The lowest BCUT2D eigenvalue weighted by atomic mass is 10.2. The van der Waals surface area contributed by atoms with Crippen LogP contribution in [-0.4, -0.2) is 0 Å². The van der Waals surface area contributed by atoms with Crippen LogP contribution in [0, 0.1) is 6.58 Å². The average Bonchev–Trinajstić information content (AvgIpc) is 1.61. The van der Waals surface area contributed by atoms with Gasteiger partial charge in [-0.2, -0.15) is 0 Å². The van der Waals surface area contributed by atoms with Gasteiger partial charge in [-0.15, -0.1) is 0 Å². The summed E-state index contributed by atoms with van der Waals surface area (Å²) in [6.07, 6.45) is 3.42. The van der Waals surface area contributed by atoms with Gasteiger partial charge in [0.25, 0.3) is 0 Å². The molecule has 0 atom stereocenters. The van der Waals surface area contributed by atoms with Crippen LogP contribution >= 0.6 is 15.9 Å². The summed E-state index contributed by atoms with van der Waals surface area (Å²) < 4.78 is 0.870. The van der Waals surface area contributed by atoms with E-state index in [1.807, 2.05) is 0 Å². The first kappa shape index (κ1) is 7.22. The molecule has 41 valence electrons. The van der Waals surface area contributed by atoms with Crippen molar-refractivity contribution in [2.75, 3.05) is 0 Å². The normalized spacial score (nSPS) is 8.86. The van der Waals surface area contributed by atoms with Crippen LogP contribution in [0.25, 0.3) is 0 Å². The molecule has 0 unspecified atom stereocenters. The number of hydrogen-bond acceptors (Lipinski definition) is 0. The Labute approximate surface area is 53.7 Å². The first-order valence-electron chi connectivity index (χ1n) is 2.54. The fourth-order valence-corrected chi connectivity index (χ4v) is 0.626. The van der Waals surface area contributed by atoms with E-state index in [1.165, 1.54) is 12.8 Å². The van der Waals surface area contributed by atoms with E-state index in [1.54, 1.807) is 0 Å². The maximum atomic E-state index is 5.31. The molecule has 0 aromatic heterocycles. The van der Waals surface area contributed by atoms with Crippen molar-refractivity contribution >= 4 is 15.9 Å². The van der Waals surface area contributed by atoms with Gasteiger partial charge in [0.15, 0.2) is 0 Å². The minimum absolute atomic E-state index is 0.870. The van der Waals surface area contributed by atoms with Crippen molar-refractivity contribution in [2.45, 2.75) is 26.2 Å². The summed E-state index contributed by atoms with van der Waals surface area (Å²) in [5.41, 5.74) is 0. The van der Waals surface area contributed by atoms with Crippen LogP contribution in [0.3, 0.4) is 0 Å². The van der Waals surface area contributed by atoms with Gasteiger partial charge >= 0.3 is 0 Å². The molecule has 0 aliphatic carbocycles. The molecule has 1 heteroatoms. The largest absolute Gasteiger partial charge is 0.0654 e. The quantitative estimate of drug-likeness (QED) is 0.598. The third-order valence-electron chi connectivity index (χ3n) is 0.769. The van der Waals surface area contributed by atoms with Crippen molar-refractivity contribution in [3.63, 3.8) is 0 Å². The Hall–Kier alpha value is 0.220. The molecule has 0 saturated heterocycles. The van der Waals surface area contributed by atoms with Gasteiger partial charge in [-0.3, -0.25) is 0 Å². The summed E-state index contributed by atoms with van der Waals surface area (Å²) in [5.74, 6) is 0. The first-order valence-corrected chi connectivity index (χ1v) is 3.33. The van der Waals surface area contributed by atoms with Crippen LogP contribution in [0.1, 0.15) is 26.2 Å². The van der Waals surface area contributed by atoms with Crippen LogP contribution in [0.15, 0.2) is 4.48 Å². The summed E-state index contributed by atoms with van der Waals surface area (Å²) in [7, 11) is 0. The predicted molar refractivity (Wildman–Crippen MR) is 36.3 cm³/mol. The Morgan fingerprint density at radius 1 is 1.71 bits per heavy atom.